The van der Waals surface area contributed by atoms with Crippen LogP contribution >= 0.6 is 23.7 Å². The molecule has 1 aromatic heterocycles. The van der Waals surface area contributed by atoms with E-state index >= 15 is 0 Å². The lowest BCUT2D eigenvalue weighted by molar-refractivity contribution is 0.0981. The van der Waals surface area contributed by atoms with Crippen LogP contribution in [-0.2, 0) is 9.84 Å². The fourth-order valence-corrected chi connectivity index (χ4v) is 5.73. The molecule has 4 rings (SSSR count). The maximum Gasteiger partial charge on any atom is 0.260 e. The van der Waals surface area contributed by atoms with Crippen molar-refractivity contribution in [3.8, 4) is 0 Å². The third kappa shape index (κ3) is 6.66. The molecular weight excluding hydrogens is 542 g/mol. The Morgan fingerprint density at radius 2 is 1.45 bits per heavy atom. The molecule has 0 saturated heterocycles. The van der Waals surface area contributed by atoms with Crippen LogP contribution in [0.2, 0.25) is 0 Å². The van der Waals surface area contributed by atoms with Gasteiger partial charge in [-0.15, -0.1) is 12.4 Å². The summed E-state index contributed by atoms with van der Waals surface area (Å²) in [4.78, 5) is 35.2. The molecule has 0 fully saturated rings. The number of anilines is 1. The number of sulfone groups is 1. The minimum atomic E-state index is -3.36. The van der Waals surface area contributed by atoms with Crippen LogP contribution in [0.4, 0.5) is 5.13 Å². The number of nitrogens with zero attached hydrogens (tertiary/aromatic N) is 3. The van der Waals surface area contributed by atoms with Crippen molar-refractivity contribution < 1.29 is 18.0 Å². The van der Waals surface area contributed by atoms with Crippen molar-refractivity contribution in [2.45, 2.75) is 18.7 Å². The lowest BCUT2D eigenvalue weighted by Crippen LogP contribution is -2.38. The third-order valence-electron chi connectivity index (χ3n) is 6.22. The average molecular weight is 572 g/mol. The molecule has 38 heavy (non-hydrogen) atoms. The zero-order valence-electron chi connectivity index (χ0n) is 21.5. The lowest BCUT2D eigenvalue weighted by atomic mass is 10.0. The van der Waals surface area contributed by atoms with Gasteiger partial charge in [-0.25, -0.2) is 13.4 Å². The summed E-state index contributed by atoms with van der Waals surface area (Å²) in [5, 5.41) is 0.502. The predicted molar refractivity (Wildman–Crippen MR) is 156 cm³/mol. The summed E-state index contributed by atoms with van der Waals surface area (Å²) in [6.45, 7) is 6.93. The highest BCUT2D eigenvalue weighted by Gasteiger charge is 2.23. The molecule has 0 aliphatic carbocycles. The van der Waals surface area contributed by atoms with Gasteiger partial charge in [0.25, 0.3) is 5.91 Å². The monoisotopic (exact) mass is 571 g/mol. The van der Waals surface area contributed by atoms with Gasteiger partial charge in [-0.05, 0) is 43.4 Å². The topological polar surface area (TPSA) is 87.7 Å². The highest BCUT2D eigenvalue weighted by atomic mass is 35.5. The van der Waals surface area contributed by atoms with Crippen LogP contribution in [-0.4, -0.2) is 62.4 Å². The molecule has 1 amide bonds. The molecule has 0 unspecified atom stereocenters. The highest BCUT2D eigenvalue weighted by Crippen LogP contribution is 2.31. The lowest BCUT2D eigenvalue weighted by Gasteiger charge is -2.24. The quantitative estimate of drug-likeness (QED) is 0.239. The first-order valence-electron chi connectivity index (χ1n) is 12.1. The number of rotatable bonds is 10. The van der Waals surface area contributed by atoms with Crippen molar-refractivity contribution in [1.29, 1.82) is 0 Å². The Labute approximate surface area is 233 Å². The molecular formula is C28H30ClN3O4S2. The van der Waals surface area contributed by atoms with E-state index in [-0.39, 0.29) is 29.0 Å². The van der Waals surface area contributed by atoms with Gasteiger partial charge in [-0.1, -0.05) is 67.6 Å². The number of hydrogen-bond donors (Lipinski definition) is 0. The molecule has 1 heterocycles. The molecule has 0 atom stereocenters. The van der Waals surface area contributed by atoms with E-state index in [2.05, 4.69) is 23.7 Å². The van der Waals surface area contributed by atoms with Crippen molar-refractivity contribution in [1.82, 2.24) is 9.88 Å². The van der Waals surface area contributed by atoms with E-state index in [9.17, 15) is 18.0 Å². The van der Waals surface area contributed by atoms with Gasteiger partial charge >= 0.3 is 0 Å². The minimum absolute atomic E-state index is 0. The van der Waals surface area contributed by atoms with Gasteiger partial charge in [0.15, 0.2) is 20.8 Å². The number of thiazole rings is 1. The summed E-state index contributed by atoms with van der Waals surface area (Å²) in [6.07, 6.45) is 1.17. The van der Waals surface area contributed by atoms with E-state index in [0.29, 0.717) is 45.1 Å². The molecule has 0 aliphatic heterocycles. The number of aromatic nitrogens is 1. The van der Waals surface area contributed by atoms with Gasteiger partial charge in [-0.2, -0.15) is 0 Å². The summed E-state index contributed by atoms with van der Waals surface area (Å²) < 4.78 is 24.7. The van der Waals surface area contributed by atoms with Crippen molar-refractivity contribution >= 4 is 60.6 Å². The van der Waals surface area contributed by atoms with E-state index in [1.54, 1.807) is 53.4 Å². The Morgan fingerprint density at radius 3 is 2.05 bits per heavy atom. The number of carbonyl (C=O) groups excluding carboxylic acids is 2. The Balaban J connectivity index is 0.00000400. The second-order valence-corrected chi connectivity index (χ2v) is 11.7. The number of hydrogen-bond acceptors (Lipinski definition) is 7. The summed E-state index contributed by atoms with van der Waals surface area (Å²) in [7, 11) is -3.36. The smallest absolute Gasteiger partial charge is 0.260 e. The molecule has 0 bridgehead atoms. The zero-order valence-corrected chi connectivity index (χ0v) is 23.9. The number of amides is 1. The first kappa shape index (κ1) is 29.4. The van der Waals surface area contributed by atoms with Gasteiger partial charge < -0.3 is 4.90 Å². The zero-order chi connectivity index (χ0) is 26.6. The molecule has 4 aromatic rings. The van der Waals surface area contributed by atoms with Crippen LogP contribution in [0.15, 0.2) is 77.7 Å². The van der Waals surface area contributed by atoms with Crippen LogP contribution in [0.5, 0.6) is 0 Å². The second kappa shape index (κ2) is 12.6. The van der Waals surface area contributed by atoms with Crippen molar-refractivity contribution in [3.63, 3.8) is 0 Å². The molecule has 0 N–H and O–H groups in total. The Kier molecular flexibility index (Phi) is 9.78. The normalized spacial score (nSPS) is 11.4. The van der Waals surface area contributed by atoms with Crippen LogP contribution in [0.1, 0.15) is 40.1 Å². The van der Waals surface area contributed by atoms with Crippen LogP contribution in [0.3, 0.4) is 0 Å². The molecule has 7 nitrogen and oxygen atoms in total. The van der Waals surface area contributed by atoms with E-state index < -0.39 is 9.84 Å². The Bertz CT molecular complexity index is 1520. The molecule has 0 spiro atoms. The Morgan fingerprint density at radius 1 is 0.842 bits per heavy atom. The van der Waals surface area contributed by atoms with Crippen molar-refractivity contribution in [3.05, 3.63) is 89.5 Å². The van der Waals surface area contributed by atoms with Crippen LogP contribution in [0, 0.1) is 0 Å². The summed E-state index contributed by atoms with van der Waals surface area (Å²) in [6, 6.07) is 20.5. The minimum Gasteiger partial charge on any atom is -0.302 e. The fraction of sp³-hybridized carbons (Fsp3) is 0.250. The second-order valence-electron chi connectivity index (χ2n) is 8.65. The molecule has 200 valence electrons. The van der Waals surface area contributed by atoms with E-state index in [0.717, 1.165) is 13.1 Å². The molecule has 0 aliphatic rings. The number of ketones is 1. The van der Waals surface area contributed by atoms with E-state index in [1.165, 1.54) is 23.7 Å². The number of carbonyl (C=O) groups is 2. The maximum atomic E-state index is 13.7. The molecule has 3 aromatic carbocycles. The summed E-state index contributed by atoms with van der Waals surface area (Å²) >= 11 is 1.29. The van der Waals surface area contributed by atoms with Gasteiger partial charge in [0, 0.05) is 36.0 Å². The number of benzene rings is 3. The van der Waals surface area contributed by atoms with Crippen LogP contribution in [0.25, 0.3) is 10.2 Å². The SMILES string of the molecule is CCN(CC)CCN(C(=O)c1ccc(C(=O)c2ccccc2)cc1)c1nc2ccc(S(C)(=O)=O)cc2s1.Cl. The first-order valence-corrected chi connectivity index (χ1v) is 14.8. The van der Waals surface area contributed by atoms with Gasteiger partial charge in [-0.3, -0.25) is 14.5 Å². The largest absolute Gasteiger partial charge is 0.302 e. The number of likely N-dealkylation sites (N-methyl/N-ethyl adjacent to an activating group) is 1. The number of halogens is 1. The standard InChI is InChI=1S/C28H29N3O4S2.ClH/c1-4-30(5-2)17-18-31(28-29-24-16-15-23(37(3,34)35)19-25(24)36-28)27(33)22-13-11-21(12-14-22)26(32)20-9-7-6-8-10-20;/h6-16,19H,4-5,17-18H2,1-3H3;1H. The third-order valence-corrected chi connectivity index (χ3v) is 8.37. The van der Waals surface area contributed by atoms with Crippen molar-refractivity contribution in [2.24, 2.45) is 0 Å². The summed E-state index contributed by atoms with van der Waals surface area (Å²) in [5.41, 5.74) is 2.17. The van der Waals surface area contributed by atoms with Crippen LogP contribution < -0.4 is 4.90 Å². The Hall–Kier alpha value is -3.11. The first-order chi connectivity index (χ1) is 17.7. The van der Waals surface area contributed by atoms with Crippen molar-refractivity contribution in [2.75, 3.05) is 37.3 Å². The summed E-state index contributed by atoms with van der Waals surface area (Å²) in [5.74, 6) is -0.334. The van der Waals surface area contributed by atoms with Gasteiger partial charge in [0.05, 0.1) is 15.1 Å². The van der Waals surface area contributed by atoms with E-state index in [4.69, 9.17) is 0 Å². The highest BCUT2D eigenvalue weighted by molar-refractivity contribution is 7.90. The molecule has 10 heteroatoms. The molecule has 0 saturated carbocycles. The average Bonchev–Trinajstić information content (AvgIpc) is 3.34. The van der Waals surface area contributed by atoms with E-state index in [1.807, 2.05) is 18.2 Å². The predicted octanol–water partition coefficient (Wildman–Crippen LogP) is 5.34. The fourth-order valence-electron chi connectivity index (χ4n) is 3.98. The van der Waals surface area contributed by atoms with Gasteiger partial charge in [0.1, 0.15) is 0 Å². The molecule has 0 radical (unpaired) electrons. The van der Waals surface area contributed by atoms with Gasteiger partial charge in [0.2, 0.25) is 0 Å². The maximum absolute atomic E-state index is 13.7. The number of fused-ring (bicyclic) bond motifs is 1.